The van der Waals surface area contributed by atoms with E-state index >= 15 is 0 Å². The maximum Gasteiger partial charge on any atom is 0.239 e. The number of nitrogens with two attached hydrogens (primary N) is 1. The minimum absolute atomic E-state index is 0.365. The molecule has 0 aliphatic heterocycles. The van der Waals surface area contributed by atoms with E-state index < -0.39 is 0 Å². The van der Waals surface area contributed by atoms with E-state index in [1.54, 1.807) is 0 Å². The lowest BCUT2D eigenvalue weighted by Crippen LogP contribution is -2.13. The molecule has 8 nitrogen and oxygen atoms in total. The number of benzene rings is 1. The number of nitrogens with zero attached hydrogens (tertiary/aromatic N) is 4. The first-order valence-corrected chi connectivity index (χ1v) is 6.09. The molecule has 4 N–H and O–H groups in total. The minimum atomic E-state index is 0.365. The van der Waals surface area contributed by atoms with Gasteiger partial charge in [0.25, 0.3) is 0 Å². The lowest BCUT2D eigenvalue weighted by atomic mass is 10.2. The van der Waals surface area contributed by atoms with Crippen LogP contribution in [0, 0.1) is 0 Å². The summed E-state index contributed by atoms with van der Waals surface area (Å²) in [6, 6.07) is 7.70. The highest BCUT2D eigenvalue weighted by Crippen LogP contribution is 2.21. The number of rotatable bonds is 5. The van der Waals surface area contributed by atoms with Crippen molar-refractivity contribution < 1.29 is 4.52 Å². The fraction of sp³-hybridized carbons (Fsp3) is 0.167. The van der Waals surface area contributed by atoms with Gasteiger partial charge in [0.1, 0.15) is 5.82 Å². The van der Waals surface area contributed by atoms with Crippen LogP contribution in [0.3, 0.4) is 0 Å². The molecule has 8 heteroatoms. The Morgan fingerprint density at radius 1 is 1.20 bits per heavy atom. The van der Waals surface area contributed by atoms with Gasteiger partial charge in [0.2, 0.25) is 11.8 Å². The molecule has 3 aromatic rings. The third-order valence-electron chi connectivity index (χ3n) is 2.77. The van der Waals surface area contributed by atoms with Crippen LogP contribution in [0.15, 0.2) is 35.1 Å². The Balaban J connectivity index is 1.82. The highest BCUT2D eigenvalue weighted by molar-refractivity contribution is 5.89. The number of hydrazine groups is 1. The Hall–Kier alpha value is -2.74. The van der Waals surface area contributed by atoms with Crippen LogP contribution in [0.25, 0.3) is 10.9 Å². The predicted molar refractivity (Wildman–Crippen MR) is 73.8 cm³/mol. The molecule has 3 rings (SSSR count). The van der Waals surface area contributed by atoms with Gasteiger partial charge in [-0.25, -0.2) is 10.8 Å². The Kier molecular flexibility index (Phi) is 3.38. The lowest BCUT2D eigenvalue weighted by Gasteiger charge is -2.09. The number of fused-ring (bicyclic) bond motifs is 1. The Bertz CT molecular complexity index is 698. The largest absolute Gasteiger partial charge is 0.369 e. The molecule has 0 amide bonds. The Morgan fingerprint density at radius 2 is 2.10 bits per heavy atom. The first-order valence-electron chi connectivity index (χ1n) is 6.09. The number of hydrogen-bond donors (Lipinski definition) is 3. The second-order valence-corrected chi connectivity index (χ2v) is 4.07. The summed E-state index contributed by atoms with van der Waals surface area (Å²) < 4.78 is 4.94. The van der Waals surface area contributed by atoms with Crippen molar-refractivity contribution in [3.8, 4) is 0 Å². The zero-order valence-corrected chi connectivity index (χ0v) is 10.6. The average molecular weight is 271 g/mol. The molecule has 20 heavy (non-hydrogen) atoms. The molecule has 0 aliphatic carbocycles. The molecule has 0 spiro atoms. The van der Waals surface area contributed by atoms with E-state index in [2.05, 4.69) is 30.9 Å². The van der Waals surface area contributed by atoms with Gasteiger partial charge in [-0.3, -0.25) is 5.43 Å². The van der Waals surface area contributed by atoms with Crippen molar-refractivity contribution in [3.05, 3.63) is 36.5 Å². The molecule has 0 saturated carbocycles. The molecule has 0 unspecified atom stereocenters. The number of para-hydroxylation sites is 1. The van der Waals surface area contributed by atoms with Crippen LogP contribution in [0.4, 0.5) is 11.8 Å². The number of hydrogen-bond acceptors (Lipinski definition) is 8. The highest BCUT2D eigenvalue weighted by atomic mass is 16.5. The number of nitrogen functional groups attached to an aromatic ring is 1. The molecule has 2 heterocycles. The van der Waals surface area contributed by atoms with E-state index in [0.717, 1.165) is 10.9 Å². The van der Waals surface area contributed by atoms with Crippen molar-refractivity contribution in [2.45, 2.75) is 6.42 Å². The third kappa shape index (κ3) is 2.50. The fourth-order valence-corrected chi connectivity index (χ4v) is 1.87. The number of nitrogens with one attached hydrogen (secondary N) is 2. The molecular formula is C12H13N7O. The zero-order valence-electron chi connectivity index (χ0n) is 10.6. The van der Waals surface area contributed by atoms with Crippen LogP contribution >= 0.6 is 0 Å². The second-order valence-electron chi connectivity index (χ2n) is 4.07. The highest BCUT2D eigenvalue weighted by Gasteiger charge is 2.07. The van der Waals surface area contributed by atoms with Crippen molar-refractivity contribution in [1.82, 2.24) is 20.1 Å². The molecule has 0 bridgehead atoms. The predicted octanol–water partition coefficient (Wildman–Crippen LogP) is 0.953. The summed E-state index contributed by atoms with van der Waals surface area (Å²) in [6.45, 7) is 0.618. The van der Waals surface area contributed by atoms with Gasteiger partial charge in [-0.15, -0.1) is 0 Å². The summed E-state index contributed by atoms with van der Waals surface area (Å²) in [5.74, 6) is 7.03. The molecule has 2 aromatic heterocycles. The van der Waals surface area contributed by atoms with E-state index in [9.17, 15) is 0 Å². The first kappa shape index (κ1) is 12.3. The Morgan fingerprint density at radius 3 is 2.90 bits per heavy atom. The van der Waals surface area contributed by atoms with Crippen molar-refractivity contribution >= 4 is 22.7 Å². The SMILES string of the molecule is NNc1nc(NCCc2ncno2)c2ccccc2n1. The number of anilines is 2. The summed E-state index contributed by atoms with van der Waals surface area (Å²) in [5.41, 5.74) is 3.28. The summed E-state index contributed by atoms with van der Waals surface area (Å²) in [7, 11) is 0. The first-order chi connectivity index (χ1) is 9.86. The standard InChI is InChI=1S/C12H13N7O/c13-19-12-17-9-4-2-1-3-8(9)11(18-12)14-6-5-10-15-7-16-20-10/h1-4,7H,5-6,13H2,(H2,14,17,18,19). The van der Waals surface area contributed by atoms with Crippen LogP contribution in [0.5, 0.6) is 0 Å². The fourth-order valence-electron chi connectivity index (χ4n) is 1.87. The van der Waals surface area contributed by atoms with Crippen molar-refractivity contribution in [2.75, 3.05) is 17.3 Å². The summed E-state index contributed by atoms with van der Waals surface area (Å²) in [6.07, 6.45) is 2.00. The Labute approximate surface area is 114 Å². The maximum atomic E-state index is 5.38. The van der Waals surface area contributed by atoms with Crippen molar-refractivity contribution in [3.63, 3.8) is 0 Å². The monoisotopic (exact) mass is 271 g/mol. The quantitative estimate of drug-likeness (QED) is 0.464. The summed E-state index contributed by atoms with van der Waals surface area (Å²) >= 11 is 0. The van der Waals surface area contributed by atoms with E-state index in [1.807, 2.05) is 24.3 Å². The van der Waals surface area contributed by atoms with Crippen LogP contribution in [0.2, 0.25) is 0 Å². The second kappa shape index (κ2) is 5.49. The number of aromatic nitrogens is 4. The van der Waals surface area contributed by atoms with E-state index in [4.69, 9.17) is 10.4 Å². The lowest BCUT2D eigenvalue weighted by molar-refractivity contribution is 0.380. The molecule has 0 atom stereocenters. The van der Waals surface area contributed by atoms with Crippen molar-refractivity contribution in [2.24, 2.45) is 5.84 Å². The maximum absolute atomic E-state index is 5.38. The molecule has 0 aliphatic rings. The van der Waals surface area contributed by atoms with E-state index in [0.29, 0.717) is 30.6 Å². The van der Waals surface area contributed by atoms with Crippen molar-refractivity contribution in [1.29, 1.82) is 0 Å². The topological polar surface area (TPSA) is 115 Å². The van der Waals surface area contributed by atoms with Gasteiger partial charge in [0.05, 0.1) is 5.52 Å². The third-order valence-corrected chi connectivity index (χ3v) is 2.77. The van der Waals surface area contributed by atoms with Crippen LogP contribution < -0.4 is 16.6 Å². The zero-order chi connectivity index (χ0) is 13.8. The molecule has 0 fully saturated rings. The normalized spacial score (nSPS) is 10.7. The van der Waals surface area contributed by atoms with Gasteiger partial charge in [-0.2, -0.15) is 9.97 Å². The molecular weight excluding hydrogens is 258 g/mol. The van der Waals surface area contributed by atoms with Gasteiger partial charge < -0.3 is 9.84 Å². The van der Waals surface area contributed by atoms with Crippen LogP contribution in [-0.4, -0.2) is 26.7 Å². The van der Waals surface area contributed by atoms with Gasteiger partial charge in [-0.1, -0.05) is 17.3 Å². The van der Waals surface area contributed by atoms with Crippen LogP contribution in [-0.2, 0) is 6.42 Å². The van der Waals surface area contributed by atoms with Gasteiger partial charge in [0, 0.05) is 18.4 Å². The van der Waals surface area contributed by atoms with E-state index in [-0.39, 0.29) is 0 Å². The summed E-state index contributed by atoms with van der Waals surface area (Å²) in [4.78, 5) is 12.6. The van der Waals surface area contributed by atoms with Gasteiger partial charge in [-0.05, 0) is 12.1 Å². The van der Waals surface area contributed by atoms with Gasteiger partial charge in [0.15, 0.2) is 6.33 Å². The smallest absolute Gasteiger partial charge is 0.239 e. The molecule has 0 radical (unpaired) electrons. The van der Waals surface area contributed by atoms with E-state index in [1.165, 1.54) is 6.33 Å². The summed E-state index contributed by atoms with van der Waals surface area (Å²) in [5, 5.41) is 7.71. The minimum Gasteiger partial charge on any atom is -0.369 e. The molecule has 102 valence electrons. The average Bonchev–Trinajstić information content (AvgIpc) is 3.00. The molecule has 1 aromatic carbocycles. The molecule has 0 saturated heterocycles. The van der Waals surface area contributed by atoms with Crippen LogP contribution in [0.1, 0.15) is 5.89 Å². The van der Waals surface area contributed by atoms with Gasteiger partial charge >= 0.3 is 0 Å².